The van der Waals surface area contributed by atoms with Gasteiger partial charge in [-0.05, 0) is 62.4 Å². The molecule has 1 N–H and O–H groups in total. The molecule has 0 aromatic heterocycles. The number of methoxy groups -OCH3 is 1. The second kappa shape index (κ2) is 5.50. The van der Waals surface area contributed by atoms with Gasteiger partial charge in [-0.3, -0.25) is 0 Å². The van der Waals surface area contributed by atoms with Crippen LogP contribution in [0.5, 0.6) is 5.75 Å². The summed E-state index contributed by atoms with van der Waals surface area (Å²) < 4.78 is 18.5. The Hall–Kier alpha value is -1.09. The van der Waals surface area contributed by atoms with Crippen molar-refractivity contribution in [3.05, 3.63) is 29.6 Å². The summed E-state index contributed by atoms with van der Waals surface area (Å²) in [7, 11) is 1.64. The molecular formula is C14H20FNO. The third-order valence-corrected chi connectivity index (χ3v) is 3.51. The highest BCUT2D eigenvalue weighted by Gasteiger charge is 2.19. The molecule has 0 amide bonds. The first-order valence-electron chi connectivity index (χ1n) is 6.25. The van der Waals surface area contributed by atoms with Gasteiger partial charge in [0.25, 0.3) is 0 Å². The van der Waals surface area contributed by atoms with Crippen LogP contribution >= 0.6 is 0 Å². The molecule has 0 radical (unpaired) electrons. The van der Waals surface area contributed by atoms with Gasteiger partial charge in [0, 0.05) is 6.04 Å². The van der Waals surface area contributed by atoms with Crippen molar-refractivity contribution in [2.45, 2.75) is 32.2 Å². The molecule has 1 aromatic rings. The van der Waals surface area contributed by atoms with Crippen LogP contribution < -0.4 is 10.1 Å². The molecule has 1 aromatic carbocycles. The van der Waals surface area contributed by atoms with Crippen molar-refractivity contribution in [1.29, 1.82) is 0 Å². The van der Waals surface area contributed by atoms with E-state index in [9.17, 15) is 4.39 Å². The van der Waals surface area contributed by atoms with Crippen LogP contribution in [0.1, 0.15) is 25.3 Å². The molecule has 0 aliphatic carbocycles. The lowest BCUT2D eigenvalue weighted by Gasteiger charge is -2.28. The average molecular weight is 237 g/mol. The van der Waals surface area contributed by atoms with E-state index in [0.717, 1.165) is 24.3 Å². The van der Waals surface area contributed by atoms with E-state index < -0.39 is 0 Å². The number of halogens is 1. The van der Waals surface area contributed by atoms with Crippen molar-refractivity contribution in [3.63, 3.8) is 0 Å². The second-order valence-electron chi connectivity index (χ2n) is 4.91. The van der Waals surface area contributed by atoms with Gasteiger partial charge in [0.05, 0.1) is 7.11 Å². The van der Waals surface area contributed by atoms with Crippen molar-refractivity contribution in [2.75, 3.05) is 13.7 Å². The number of hydrogen-bond donors (Lipinski definition) is 1. The predicted molar refractivity (Wildman–Crippen MR) is 66.8 cm³/mol. The molecule has 17 heavy (non-hydrogen) atoms. The molecule has 2 rings (SSSR count). The van der Waals surface area contributed by atoms with Gasteiger partial charge < -0.3 is 10.1 Å². The number of nitrogens with one attached hydrogen (secondary N) is 1. The summed E-state index contributed by atoms with van der Waals surface area (Å²) in [4.78, 5) is 0. The van der Waals surface area contributed by atoms with Crippen LogP contribution in [0.4, 0.5) is 4.39 Å². The molecule has 3 heteroatoms. The third kappa shape index (κ3) is 3.19. The van der Waals surface area contributed by atoms with Crippen LogP contribution in [-0.2, 0) is 6.42 Å². The second-order valence-corrected chi connectivity index (χ2v) is 4.91. The molecule has 2 atom stereocenters. The highest BCUT2D eigenvalue weighted by Crippen LogP contribution is 2.25. The van der Waals surface area contributed by atoms with E-state index >= 15 is 0 Å². The highest BCUT2D eigenvalue weighted by atomic mass is 19.1. The fraction of sp³-hybridized carbons (Fsp3) is 0.571. The minimum absolute atomic E-state index is 0.182. The first-order chi connectivity index (χ1) is 8.19. The maximum Gasteiger partial charge on any atom is 0.123 e. The molecule has 94 valence electrons. The normalized spacial score (nSPS) is 24.6. The largest absolute Gasteiger partial charge is 0.496 e. The van der Waals surface area contributed by atoms with Gasteiger partial charge in [-0.25, -0.2) is 4.39 Å². The zero-order chi connectivity index (χ0) is 12.3. The van der Waals surface area contributed by atoms with Gasteiger partial charge >= 0.3 is 0 Å². The Morgan fingerprint density at radius 3 is 2.88 bits per heavy atom. The summed E-state index contributed by atoms with van der Waals surface area (Å²) in [5, 5.41) is 3.47. The van der Waals surface area contributed by atoms with Crippen LogP contribution in [0.3, 0.4) is 0 Å². The lowest BCUT2D eigenvalue weighted by Crippen LogP contribution is -2.37. The molecule has 2 unspecified atom stereocenters. The van der Waals surface area contributed by atoms with E-state index in [0.29, 0.717) is 12.0 Å². The van der Waals surface area contributed by atoms with Gasteiger partial charge in [0.2, 0.25) is 0 Å². The Morgan fingerprint density at radius 2 is 2.24 bits per heavy atom. The molecule has 1 fully saturated rings. The van der Waals surface area contributed by atoms with Crippen molar-refractivity contribution in [3.8, 4) is 5.75 Å². The molecule has 0 bridgehead atoms. The topological polar surface area (TPSA) is 21.3 Å². The standard InChI is InChI=1S/C14H20FNO/c1-10-3-4-11(9-16-10)7-12-8-13(15)5-6-14(12)17-2/h5-6,8,10-11,16H,3-4,7,9H2,1-2H3. The maximum absolute atomic E-state index is 13.2. The smallest absolute Gasteiger partial charge is 0.123 e. The summed E-state index contributed by atoms with van der Waals surface area (Å²) in [5.74, 6) is 1.20. The van der Waals surface area contributed by atoms with Gasteiger partial charge in [0.15, 0.2) is 0 Å². The minimum atomic E-state index is -0.182. The van der Waals surface area contributed by atoms with Gasteiger partial charge in [-0.15, -0.1) is 0 Å². The van der Waals surface area contributed by atoms with Crippen LogP contribution in [0.25, 0.3) is 0 Å². The first-order valence-corrected chi connectivity index (χ1v) is 6.25. The minimum Gasteiger partial charge on any atom is -0.496 e. The summed E-state index contributed by atoms with van der Waals surface area (Å²) in [6.45, 7) is 3.22. The fourth-order valence-corrected chi connectivity index (χ4v) is 2.45. The van der Waals surface area contributed by atoms with Gasteiger partial charge in [-0.1, -0.05) is 0 Å². The summed E-state index contributed by atoms with van der Waals surface area (Å²) in [6.07, 6.45) is 3.29. The van der Waals surface area contributed by atoms with E-state index in [2.05, 4.69) is 12.2 Å². The van der Waals surface area contributed by atoms with E-state index in [4.69, 9.17) is 4.74 Å². The molecule has 0 spiro atoms. The molecule has 2 nitrogen and oxygen atoms in total. The summed E-state index contributed by atoms with van der Waals surface area (Å²) in [6, 6.07) is 5.37. The maximum atomic E-state index is 13.2. The quantitative estimate of drug-likeness (QED) is 0.872. The van der Waals surface area contributed by atoms with Crippen molar-refractivity contribution in [2.24, 2.45) is 5.92 Å². The van der Waals surface area contributed by atoms with E-state index in [-0.39, 0.29) is 5.82 Å². The number of benzene rings is 1. The Labute approximate surface area is 102 Å². The Bertz CT molecular complexity index is 372. The van der Waals surface area contributed by atoms with Crippen LogP contribution in [-0.4, -0.2) is 19.7 Å². The Morgan fingerprint density at radius 1 is 1.41 bits per heavy atom. The third-order valence-electron chi connectivity index (χ3n) is 3.51. The number of rotatable bonds is 3. The predicted octanol–water partition coefficient (Wildman–Crippen LogP) is 2.76. The lowest BCUT2D eigenvalue weighted by molar-refractivity contribution is 0.317. The lowest BCUT2D eigenvalue weighted by atomic mass is 9.89. The molecule has 1 aliphatic rings. The van der Waals surface area contributed by atoms with E-state index in [1.165, 1.54) is 18.9 Å². The monoisotopic (exact) mass is 237 g/mol. The van der Waals surface area contributed by atoms with E-state index in [1.807, 2.05) is 0 Å². The molecule has 1 heterocycles. The van der Waals surface area contributed by atoms with Crippen LogP contribution in [0.2, 0.25) is 0 Å². The van der Waals surface area contributed by atoms with Crippen LogP contribution in [0, 0.1) is 11.7 Å². The number of piperidine rings is 1. The van der Waals surface area contributed by atoms with Crippen molar-refractivity contribution >= 4 is 0 Å². The number of ether oxygens (including phenoxy) is 1. The van der Waals surface area contributed by atoms with Crippen molar-refractivity contribution < 1.29 is 9.13 Å². The zero-order valence-corrected chi connectivity index (χ0v) is 10.5. The number of hydrogen-bond acceptors (Lipinski definition) is 2. The van der Waals surface area contributed by atoms with E-state index in [1.54, 1.807) is 19.2 Å². The Balaban J connectivity index is 2.04. The zero-order valence-electron chi connectivity index (χ0n) is 10.5. The molecular weight excluding hydrogens is 217 g/mol. The van der Waals surface area contributed by atoms with Gasteiger partial charge in [0.1, 0.15) is 11.6 Å². The average Bonchev–Trinajstić information content (AvgIpc) is 2.32. The highest BCUT2D eigenvalue weighted by molar-refractivity contribution is 5.34. The summed E-state index contributed by atoms with van der Waals surface area (Å²) >= 11 is 0. The molecule has 1 saturated heterocycles. The van der Waals surface area contributed by atoms with Crippen molar-refractivity contribution in [1.82, 2.24) is 5.32 Å². The van der Waals surface area contributed by atoms with Crippen LogP contribution in [0.15, 0.2) is 18.2 Å². The SMILES string of the molecule is COc1ccc(F)cc1CC1CCC(C)NC1. The fourth-order valence-electron chi connectivity index (χ4n) is 2.45. The molecule has 0 saturated carbocycles. The summed E-state index contributed by atoms with van der Waals surface area (Å²) in [5.41, 5.74) is 0.980. The first kappa shape index (κ1) is 12.4. The Kier molecular flexibility index (Phi) is 4.00. The molecule has 1 aliphatic heterocycles. The van der Waals surface area contributed by atoms with Gasteiger partial charge in [-0.2, -0.15) is 0 Å².